The van der Waals surface area contributed by atoms with E-state index in [1.54, 1.807) is 0 Å². The van der Waals surface area contributed by atoms with E-state index < -0.39 is 5.95 Å². The van der Waals surface area contributed by atoms with Crippen LogP contribution in [0, 0.1) is 0 Å². The zero-order valence-electron chi connectivity index (χ0n) is 7.69. The van der Waals surface area contributed by atoms with Crippen LogP contribution in [0.4, 0.5) is 0 Å². The molecule has 0 unspecified atom stereocenters. The summed E-state index contributed by atoms with van der Waals surface area (Å²) in [6.45, 7) is 0. The van der Waals surface area contributed by atoms with Gasteiger partial charge in [-0.25, -0.2) is 0 Å². The maximum atomic E-state index is 10.0. The molecule has 0 amide bonds. The van der Waals surface area contributed by atoms with Crippen LogP contribution in [0.5, 0.6) is 0 Å². The summed E-state index contributed by atoms with van der Waals surface area (Å²) in [5.74, 6) is -1.09. The van der Waals surface area contributed by atoms with Crippen molar-refractivity contribution in [2.75, 3.05) is 0 Å². The Kier molecular flexibility index (Phi) is 10.7. The summed E-state index contributed by atoms with van der Waals surface area (Å²) in [4.78, 5) is 1.20. The molecule has 0 saturated heterocycles. The second-order valence-electron chi connectivity index (χ2n) is 1.87. The first-order valence-corrected chi connectivity index (χ1v) is 4.89. The van der Waals surface area contributed by atoms with Crippen molar-refractivity contribution < 1.29 is 47.9 Å². The van der Waals surface area contributed by atoms with Gasteiger partial charge in [-0.15, -0.1) is 0 Å². The Hall–Kier alpha value is 0.274. The SMILES string of the molecule is [Li+].[Li+].[O-]C([O-])=C[Se]c1ccccc1. The third kappa shape index (κ3) is 7.35. The predicted molar refractivity (Wildman–Crippen MR) is 39.9 cm³/mol. The van der Waals surface area contributed by atoms with Crippen LogP contribution < -0.4 is 52.4 Å². The van der Waals surface area contributed by atoms with Gasteiger partial charge >= 0.3 is 109 Å². The molecule has 0 aromatic heterocycles. The Morgan fingerprint density at radius 2 is 1.62 bits per heavy atom. The van der Waals surface area contributed by atoms with Gasteiger partial charge in [0, 0.05) is 0 Å². The van der Waals surface area contributed by atoms with E-state index in [1.807, 2.05) is 30.3 Å². The third-order valence-corrected chi connectivity index (χ3v) is 2.83. The molecule has 0 bridgehead atoms. The third-order valence-electron chi connectivity index (χ3n) is 1.03. The first-order valence-electron chi connectivity index (χ1n) is 3.05. The molecular formula is C8H6Li2O2Se. The summed E-state index contributed by atoms with van der Waals surface area (Å²) < 4.78 is 1.05. The Morgan fingerprint density at radius 1 is 1.08 bits per heavy atom. The van der Waals surface area contributed by atoms with Gasteiger partial charge in [0.15, 0.2) is 0 Å². The standard InChI is InChI=1S/C8H8O2Se.2Li/c9-8(10)6-11-7-4-2-1-3-5-7;;/h1-6,9-10H;;/q;2*+1/p-2. The average Bonchev–Trinajstić information content (AvgIpc) is 2.03. The van der Waals surface area contributed by atoms with Crippen LogP contribution in [0.15, 0.2) is 41.3 Å². The predicted octanol–water partition coefficient (Wildman–Crippen LogP) is -7.46. The first-order chi connectivity index (χ1) is 5.29. The minimum absolute atomic E-state index is 0. The van der Waals surface area contributed by atoms with Crippen LogP contribution >= 0.6 is 0 Å². The molecule has 0 aliphatic carbocycles. The molecule has 1 rings (SSSR count). The van der Waals surface area contributed by atoms with E-state index in [0.717, 1.165) is 4.46 Å². The summed E-state index contributed by atoms with van der Waals surface area (Å²) in [7, 11) is 0. The van der Waals surface area contributed by atoms with Gasteiger partial charge in [0.05, 0.1) is 0 Å². The van der Waals surface area contributed by atoms with Gasteiger partial charge in [-0.2, -0.15) is 0 Å². The maximum absolute atomic E-state index is 10.0. The molecule has 1 aromatic carbocycles. The van der Waals surface area contributed by atoms with Crippen molar-refractivity contribution in [1.29, 1.82) is 0 Å². The number of rotatable bonds is 2. The fourth-order valence-corrected chi connectivity index (χ4v) is 1.76. The summed E-state index contributed by atoms with van der Waals surface area (Å²) in [5.41, 5.74) is 0. The van der Waals surface area contributed by atoms with E-state index in [-0.39, 0.29) is 52.7 Å². The summed E-state index contributed by atoms with van der Waals surface area (Å²) in [5, 5.41) is 20.0. The topological polar surface area (TPSA) is 46.1 Å². The molecule has 2 nitrogen and oxygen atoms in total. The molecule has 0 atom stereocenters. The zero-order valence-corrected chi connectivity index (χ0v) is 9.40. The number of hydrogen-bond acceptors (Lipinski definition) is 2. The number of benzene rings is 1. The van der Waals surface area contributed by atoms with Gasteiger partial charge in [-0.1, -0.05) is 0 Å². The van der Waals surface area contributed by atoms with Gasteiger partial charge in [0.1, 0.15) is 0 Å². The second-order valence-corrected chi connectivity index (χ2v) is 3.85. The Balaban J connectivity index is 0. The van der Waals surface area contributed by atoms with Crippen LogP contribution in [-0.4, -0.2) is 15.0 Å². The molecule has 1 aromatic rings. The van der Waals surface area contributed by atoms with Gasteiger partial charge in [0.2, 0.25) is 0 Å². The molecule has 0 N–H and O–H groups in total. The van der Waals surface area contributed by atoms with Crippen LogP contribution in [0.25, 0.3) is 0 Å². The second kappa shape index (κ2) is 8.85. The Labute approximate surface area is 108 Å². The fourth-order valence-electron chi connectivity index (χ4n) is 0.615. The van der Waals surface area contributed by atoms with E-state index >= 15 is 0 Å². The van der Waals surface area contributed by atoms with Gasteiger partial charge in [-0.05, 0) is 0 Å². The van der Waals surface area contributed by atoms with Crippen molar-refractivity contribution in [2.24, 2.45) is 0 Å². The Bertz CT molecular complexity index is 248. The molecule has 0 fully saturated rings. The number of hydrogen-bond donors (Lipinski definition) is 0. The molecule has 58 valence electrons. The Morgan fingerprint density at radius 3 is 2.08 bits per heavy atom. The zero-order chi connectivity index (χ0) is 8.10. The quantitative estimate of drug-likeness (QED) is 0.372. The van der Waals surface area contributed by atoms with Crippen molar-refractivity contribution in [3.05, 3.63) is 41.3 Å². The van der Waals surface area contributed by atoms with Crippen molar-refractivity contribution in [3.63, 3.8) is 0 Å². The van der Waals surface area contributed by atoms with Gasteiger partial charge in [0.25, 0.3) is 0 Å². The monoisotopic (exact) mass is 228 g/mol. The van der Waals surface area contributed by atoms with E-state index in [1.165, 1.54) is 4.97 Å². The minimum atomic E-state index is -1.09. The van der Waals surface area contributed by atoms with Crippen molar-refractivity contribution in [2.45, 2.75) is 0 Å². The molecule has 0 aliphatic heterocycles. The fraction of sp³-hybridized carbons (Fsp3) is 0. The van der Waals surface area contributed by atoms with Crippen LogP contribution in [0.1, 0.15) is 0 Å². The summed E-state index contributed by atoms with van der Waals surface area (Å²) in [6.07, 6.45) is 0. The van der Waals surface area contributed by atoms with Crippen molar-refractivity contribution >= 4 is 19.4 Å². The molecule has 13 heavy (non-hydrogen) atoms. The van der Waals surface area contributed by atoms with Crippen molar-refractivity contribution in [3.8, 4) is 0 Å². The van der Waals surface area contributed by atoms with E-state index in [9.17, 15) is 10.2 Å². The normalized spacial score (nSPS) is 7.69. The molecule has 0 radical (unpaired) electrons. The van der Waals surface area contributed by atoms with Crippen LogP contribution in [0.3, 0.4) is 0 Å². The molecule has 0 saturated carbocycles. The summed E-state index contributed by atoms with van der Waals surface area (Å²) in [6, 6.07) is 9.48. The van der Waals surface area contributed by atoms with Crippen LogP contribution in [0.2, 0.25) is 0 Å². The van der Waals surface area contributed by atoms with Crippen molar-refractivity contribution in [1.82, 2.24) is 0 Å². The summed E-state index contributed by atoms with van der Waals surface area (Å²) >= 11 is -0.0971. The molecule has 0 spiro atoms. The van der Waals surface area contributed by atoms with E-state index in [4.69, 9.17) is 0 Å². The molecular weight excluding hydrogens is 221 g/mol. The first kappa shape index (κ1) is 15.7. The molecule has 0 heterocycles. The van der Waals surface area contributed by atoms with Gasteiger partial charge < -0.3 is 0 Å². The van der Waals surface area contributed by atoms with E-state index in [2.05, 4.69) is 0 Å². The van der Waals surface area contributed by atoms with Gasteiger partial charge in [-0.3, -0.25) is 0 Å². The molecule has 5 heteroatoms. The molecule has 0 aliphatic rings. The average molecular weight is 227 g/mol. The van der Waals surface area contributed by atoms with E-state index in [0.29, 0.717) is 0 Å². The van der Waals surface area contributed by atoms with Crippen LogP contribution in [-0.2, 0) is 0 Å².